The topological polar surface area (TPSA) is 118 Å². The summed E-state index contributed by atoms with van der Waals surface area (Å²) < 4.78 is 51.6. The van der Waals surface area contributed by atoms with Crippen LogP contribution < -0.4 is 14.4 Å². The molecule has 1 saturated carbocycles. The normalized spacial score (nSPS) is 18.2. The highest BCUT2D eigenvalue weighted by Gasteiger charge is 2.54. The quantitative estimate of drug-likeness (QED) is 0.139. The van der Waals surface area contributed by atoms with Gasteiger partial charge >= 0.3 is 0 Å². The Balaban J connectivity index is 1.03. The van der Waals surface area contributed by atoms with Crippen LogP contribution in [0, 0.1) is 11.2 Å². The van der Waals surface area contributed by atoms with Gasteiger partial charge in [-0.25, -0.2) is 22.8 Å². The molecule has 54 heavy (non-hydrogen) atoms. The van der Waals surface area contributed by atoms with E-state index in [1.807, 2.05) is 51.2 Å². The van der Waals surface area contributed by atoms with Gasteiger partial charge in [-0.05, 0) is 76.3 Å². The maximum atomic E-state index is 14.4. The van der Waals surface area contributed by atoms with Crippen LogP contribution in [0.2, 0.25) is 0 Å². The number of ether oxygens (including phenoxy) is 2. The molecule has 1 amide bonds. The van der Waals surface area contributed by atoms with Crippen molar-refractivity contribution >= 4 is 21.6 Å². The SMILES string of the molecule is CCN(C(=O)c1cc(F)ccc1Oc1cncnc1N1CC2(CC(Oc3ccnc4c3C(CCCS(C)(=O)=O)N(Cc3ccccc3)CC4)C2)C1)C(C)C. The van der Waals surface area contributed by atoms with E-state index in [-0.39, 0.29) is 46.6 Å². The number of anilines is 1. The van der Waals surface area contributed by atoms with Crippen molar-refractivity contribution in [1.82, 2.24) is 24.8 Å². The first kappa shape index (κ1) is 37.7. The molecule has 0 N–H and O–H groups in total. The van der Waals surface area contributed by atoms with Gasteiger partial charge < -0.3 is 19.3 Å². The molecule has 13 heteroatoms. The third-order valence-electron chi connectivity index (χ3n) is 10.9. The Bertz CT molecular complexity index is 2070. The minimum absolute atomic E-state index is 0.00356. The first-order chi connectivity index (χ1) is 25.9. The minimum Gasteiger partial charge on any atom is -0.490 e. The third-order valence-corrected chi connectivity index (χ3v) is 11.9. The Morgan fingerprint density at radius 3 is 2.56 bits per heavy atom. The average molecular weight is 757 g/mol. The molecule has 0 radical (unpaired) electrons. The van der Waals surface area contributed by atoms with Crippen molar-refractivity contribution in [3.8, 4) is 17.2 Å². The number of amides is 1. The number of halogens is 1. The highest BCUT2D eigenvalue weighted by molar-refractivity contribution is 7.90. The molecule has 4 heterocycles. The number of rotatable bonds is 14. The zero-order valence-corrected chi connectivity index (χ0v) is 32.3. The van der Waals surface area contributed by atoms with E-state index in [0.717, 1.165) is 62.4 Å². The number of sulfone groups is 1. The molecule has 0 bridgehead atoms. The predicted molar refractivity (Wildman–Crippen MR) is 205 cm³/mol. The fourth-order valence-electron chi connectivity index (χ4n) is 8.35. The van der Waals surface area contributed by atoms with Crippen LogP contribution in [-0.2, 0) is 22.8 Å². The van der Waals surface area contributed by atoms with Crippen LogP contribution in [0.25, 0.3) is 0 Å². The highest BCUT2D eigenvalue weighted by atomic mass is 32.2. The Kier molecular flexibility index (Phi) is 10.9. The molecule has 1 atom stereocenters. The summed E-state index contributed by atoms with van der Waals surface area (Å²) in [6.45, 7) is 9.36. The molecule has 1 aliphatic carbocycles. The Morgan fingerprint density at radius 1 is 1.06 bits per heavy atom. The lowest BCUT2D eigenvalue weighted by Gasteiger charge is -2.59. The summed E-state index contributed by atoms with van der Waals surface area (Å²) in [6.07, 6.45) is 10.1. The van der Waals surface area contributed by atoms with E-state index in [9.17, 15) is 17.6 Å². The van der Waals surface area contributed by atoms with E-state index in [2.05, 4.69) is 31.9 Å². The van der Waals surface area contributed by atoms with Gasteiger partial charge in [0.15, 0.2) is 11.6 Å². The van der Waals surface area contributed by atoms with Crippen LogP contribution in [0.3, 0.4) is 0 Å². The second-order valence-corrected chi connectivity index (χ2v) is 17.6. The summed E-state index contributed by atoms with van der Waals surface area (Å²) in [6, 6.07) is 16.3. The molecular formula is C41H49FN6O5S. The van der Waals surface area contributed by atoms with Gasteiger partial charge in [-0.1, -0.05) is 30.3 Å². The zero-order valence-electron chi connectivity index (χ0n) is 31.4. The molecule has 1 saturated heterocycles. The monoisotopic (exact) mass is 756 g/mol. The first-order valence-corrected chi connectivity index (χ1v) is 20.9. The Labute approximate surface area is 317 Å². The molecule has 4 aromatic rings. The number of carbonyl (C=O) groups excluding carboxylic acids is 1. The van der Waals surface area contributed by atoms with Gasteiger partial charge in [0.2, 0.25) is 0 Å². The maximum absolute atomic E-state index is 14.4. The largest absolute Gasteiger partial charge is 0.490 e. The van der Waals surface area contributed by atoms with Crippen molar-refractivity contribution in [2.75, 3.05) is 43.1 Å². The number of pyridine rings is 1. The smallest absolute Gasteiger partial charge is 0.257 e. The number of nitrogens with zero attached hydrogens (tertiary/aromatic N) is 6. The third kappa shape index (κ3) is 8.22. The van der Waals surface area contributed by atoms with Crippen LogP contribution in [0.5, 0.6) is 17.2 Å². The van der Waals surface area contributed by atoms with Crippen LogP contribution in [0.15, 0.2) is 73.3 Å². The fraction of sp³-hybridized carbons (Fsp3) is 0.463. The van der Waals surface area contributed by atoms with Crippen molar-refractivity contribution in [2.24, 2.45) is 5.41 Å². The number of hydrogen-bond acceptors (Lipinski definition) is 10. The van der Waals surface area contributed by atoms with Crippen molar-refractivity contribution in [1.29, 1.82) is 0 Å². The second-order valence-electron chi connectivity index (χ2n) is 15.3. The first-order valence-electron chi connectivity index (χ1n) is 18.9. The molecule has 2 aromatic carbocycles. The van der Waals surface area contributed by atoms with Crippen molar-refractivity contribution in [2.45, 2.75) is 77.6 Å². The minimum atomic E-state index is -3.08. The summed E-state index contributed by atoms with van der Waals surface area (Å²) in [7, 11) is -3.08. The van der Waals surface area contributed by atoms with Crippen molar-refractivity contribution in [3.63, 3.8) is 0 Å². The molecule has 286 valence electrons. The van der Waals surface area contributed by atoms with E-state index in [1.165, 1.54) is 36.3 Å². The van der Waals surface area contributed by atoms with Crippen LogP contribution in [0.4, 0.5) is 10.2 Å². The zero-order chi connectivity index (χ0) is 38.0. The van der Waals surface area contributed by atoms with Gasteiger partial charge in [-0.3, -0.25) is 14.7 Å². The van der Waals surface area contributed by atoms with E-state index in [4.69, 9.17) is 14.5 Å². The van der Waals surface area contributed by atoms with Crippen molar-refractivity contribution in [3.05, 3.63) is 102 Å². The lowest BCUT2D eigenvalue weighted by Crippen LogP contribution is -2.65. The van der Waals surface area contributed by atoms with E-state index >= 15 is 0 Å². The van der Waals surface area contributed by atoms with Gasteiger partial charge in [0.1, 0.15) is 39.6 Å². The van der Waals surface area contributed by atoms with Gasteiger partial charge in [-0.15, -0.1) is 0 Å². The van der Waals surface area contributed by atoms with Crippen LogP contribution >= 0.6 is 0 Å². The van der Waals surface area contributed by atoms with Gasteiger partial charge in [0.05, 0.1) is 17.5 Å². The summed E-state index contributed by atoms with van der Waals surface area (Å²) in [5.74, 6) is 1.45. The van der Waals surface area contributed by atoms with Crippen molar-refractivity contribution < 1.29 is 27.1 Å². The number of fused-ring (bicyclic) bond motifs is 1. The Morgan fingerprint density at radius 2 is 1.83 bits per heavy atom. The molecular weight excluding hydrogens is 708 g/mol. The van der Waals surface area contributed by atoms with E-state index in [0.29, 0.717) is 31.0 Å². The number of hydrogen-bond donors (Lipinski definition) is 0. The number of aromatic nitrogens is 3. The fourth-order valence-corrected chi connectivity index (χ4v) is 9.04. The Hall–Kier alpha value is -4.62. The summed E-state index contributed by atoms with van der Waals surface area (Å²) in [5.41, 5.74) is 3.55. The molecule has 2 aliphatic heterocycles. The lowest BCUT2D eigenvalue weighted by atomic mass is 9.61. The lowest BCUT2D eigenvalue weighted by molar-refractivity contribution is -0.0357. The van der Waals surface area contributed by atoms with Crippen LogP contribution in [0.1, 0.15) is 79.7 Å². The number of carbonyl (C=O) groups is 1. The summed E-state index contributed by atoms with van der Waals surface area (Å²) in [4.78, 5) is 33.2. The molecule has 11 nitrogen and oxygen atoms in total. The summed E-state index contributed by atoms with van der Waals surface area (Å²) >= 11 is 0. The molecule has 1 unspecified atom stereocenters. The number of benzene rings is 2. The van der Waals surface area contributed by atoms with Gasteiger partial charge in [0, 0.05) is 80.4 Å². The molecule has 2 aromatic heterocycles. The molecule has 1 spiro atoms. The average Bonchev–Trinajstić information content (AvgIpc) is 3.10. The van der Waals surface area contributed by atoms with Gasteiger partial charge in [0.25, 0.3) is 5.91 Å². The van der Waals surface area contributed by atoms with Gasteiger partial charge in [-0.2, -0.15) is 0 Å². The van der Waals surface area contributed by atoms with E-state index < -0.39 is 15.7 Å². The maximum Gasteiger partial charge on any atom is 0.257 e. The highest BCUT2D eigenvalue weighted by Crippen LogP contribution is 2.52. The van der Waals surface area contributed by atoms with E-state index in [1.54, 1.807) is 11.1 Å². The predicted octanol–water partition coefficient (Wildman–Crippen LogP) is 6.65. The standard InChI is InChI=1S/C41H49FN6O5S/c1-5-48(28(2)3)40(49)32-20-30(42)13-14-35(32)53-37-23-43-27-45-39(37)47-25-41(26-47)21-31(22-41)52-36-15-17-44-33-16-18-46(24-29-10-7-6-8-11-29)34(38(33)36)12-9-19-54(4,50)51/h6-8,10-11,13-15,17,20,23,27-28,31,34H,5,9,12,16,18-19,21-22,24-26H2,1-4H3. The molecule has 2 fully saturated rings. The molecule has 3 aliphatic rings. The summed E-state index contributed by atoms with van der Waals surface area (Å²) in [5, 5.41) is 0. The molecule has 7 rings (SSSR count). The second kappa shape index (κ2) is 15.6. The van der Waals surface area contributed by atoms with Crippen LogP contribution in [-0.4, -0.2) is 89.4 Å².